The molecular formula is C31H32N5O9P. The Morgan fingerprint density at radius 3 is 2.13 bits per heavy atom. The summed E-state index contributed by atoms with van der Waals surface area (Å²) in [5.41, 5.74) is 6.50. The standard InChI is InChI=1S/C31H32N5O9P/c1-41-22-12-8-20(9-13-22)31(19-6-4-3-5-7-19,21-10-14-23(42-2)15-11-21)43-17-25-24(45-46(38,39)40)16-26(44-25)36-18-33-27-28(36)34-30(32)35-29(27)37/h3-15,18,24-26H,16-17H2,1-2H3,(H2,38,39,40)(H3,32,34,35,37)/t24-,25+,26+/m0/s1. The fourth-order valence-corrected chi connectivity index (χ4v) is 6.32. The number of hydrogen-bond donors (Lipinski definition) is 4. The summed E-state index contributed by atoms with van der Waals surface area (Å²) in [6, 6.07) is 24.4. The molecule has 6 rings (SSSR count). The van der Waals surface area contributed by atoms with Crippen LogP contribution >= 0.6 is 7.82 Å². The molecule has 15 heteroatoms. The van der Waals surface area contributed by atoms with Gasteiger partial charge in [0.05, 0.1) is 27.2 Å². The Hall–Kier alpha value is -4.56. The third-order valence-corrected chi connectivity index (χ3v) is 8.40. The summed E-state index contributed by atoms with van der Waals surface area (Å²) in [6.45, 7) is -0.170. The van der Waals surface area contributed by atoms with Gasteiger partial charge in [0.15, 0.2) is 11.2 Å². The number of aromatic nitrogens is 4. The Morgan fingerprint density at radius 1 is 0.978 bits per heavy atom. The SMILES string of the molecule is COc1ccc(C(OC[C@H]2O[C@@H](n3cnc4c(=O)[nH]c(N)nc43)C[C@@H]2OP(=O)(O)O)(c2ccccc2)c2ccc(OC)cc2)cc1. The zero-order chi connectivity index (χ0) is 32.5. The minimum absolute atomic E-state index is 0.0115. The summed E-state index contributed by atoms with van der Waals surface area (Å²) in [5, 5.41) is 0. The lowest BCUT2D eigenvalue weighted by molar-refractivity contribution is -0.0921. The van der Waals surface area contributed by atoms with Crippen molar-refractivity contribution in [2.75, 3.05) is 26.6 Å². The van der Waals surface area contributed by atoms with Gasteiger partial charge in [0, 0.05) is 6.42 Å². The number of anilines is 1. The molecule has 1 aliphatic rings. The molecule has 3 atom stereocenters. The number of rotatable bonds is 11. The van der Waals surface area contributed by atoms with E-state index in [-0.39, 0.29) is 30.1 Å². The number of phosphoric ester groups is 1. The molecule has 0 radical (unpaired) electrons. The van der Waals surface area contributed by atoms with Crippen molar-refractivity contribution in [3.8, 4) is 11.5 Å². The first kappa shape index (κ1) is 31.4. The number of nitrogens with one attached hydrogen (secondary N) is 1. The zero-order valence-corrected chi connectivity index (χ0v) is 25.7. The Balaban J connectivity index is 1.42. The molecule has 3 heterocycles. The number of H-pyrrole nitrogens is 1. The molecule has 3 aromatic carbocycles. The van der Waals surface area contributed by atoms with E-state index in [1.165, 1.54) is 10.9 Å². The fraction of sp³-hybridized carbons (Fsp3) is 0.258. The van der Waals surface area contributed by atoms with Crippen molar-refractivity contribution in [1.29, 1.82) is 0 Å². The number of fused-ring (bicyclic) bond motifs is 1. The number of hydrogen-bond acceptors (Lipinski definition) is 10. The minimum atomic E-state index is -4.95. The normalized spacial score (nSPS) is 18.6. The van der Waals surface area contributed by atoms with E-state index in [0.717, 1.165) is 16.7 Å². The molecule has 0 bridgehead atoms. The number of imidazole rings is 1. The van der Waals surface area contributed by atoms with Gasteiger partial charge in [-0.1, -0.05) is 54.6 Å². The minimum Gasteiger partial charge on any atom is -0.497 e. The first-order valence-corrected chi connectivity index (χ1v) is 15.7. The maximum Gasteiger partial charge on any atom is 0.469 e. The van der Waals surface area contributed by atoms with Crippen LogP contribution in [-0.2, 0) is 24.2 Å². The van der Waals surface area contributed by atoms with Gasteiger partial charge >= 0.3 is 7.82 Å². The molecule has 1 saturated heterocycles. The molecule has 240 valence electrons. The molecule has 0 aliphatic carbocycles. The van der Waals surface area contributed by atoms with Crippen molar-refractivity contribution < 1.29 is 37.8 Å². The molecule has 14 nitrogen and oxygen atoms in total. The van der Waals surface area contributed by atoms with Crippen LogP contribution in [0.25, 0.3) is 11.2 Å². The second-order valence-corrected chi connectivity index (χ2v) is 11.8. The number of ether oxygens (including phenoxy) is 4. The highest BCUT2D eigenvalue weighted by Gasteiger charge is 2.45. The maximum absolute atomic E-state index is 12.4. The highest BCUT2D eigenvalue weighted by atomic mass is 31.2. The van der Waals surface area contributed by atoms with Crippen molar-refractivity contribution in [3.63, 3.8) is 0 Å². The lowest BCUT2D eigenvalue weighted by atomic mass is 9.80. The highest BCUT2D eigenvalue weighted by Crippen LogP contribution is 2.46. The molecule has 46 heavy (non-hydrogen) atoms. The van der Waals surface area contributed by atoms with E-state index in [0.29, 0.717) is 11.5 Å². The van der Waals surface area contributed by atoms with Crippen LogP contribution in [0.15, 0.2) is 90.0 Å². The summed E-state index contributed by atoms with van der Waals surface area (Å²) in [6.07, 6.45) is -1.60. The second-order valence-electron chi connectivity index (χ2n) is 10.6. The average molecular weight is 650 g/mol. The van der Waals surface area contributed by atoms with Gasteiger partial charge < -0.3 is 34.5 Å². The molecule has 0 saturated carbocycles. The summed E-state index contributed by atoms with van der Waals surface area (Å²) >= 11 is 0. The second kappa shape index (κ2) is 12.7. The van der Waals surface area contributed by atoms with E-state index in [1.807, 2.05) is 78.9 Å². The van der Waals surface area contributed by atoms with E-state index >= 15 is 0 Å². The van der Waals surface area contributed by atoms with Gasteiger partial charge in [-0.2, -0.15) is 4.98 Å². The van der Waals surface area contributed by atoms with Gasteiger partial charge in [-0.25, -0.2) is 9.55 Å². The lowest BCUT2D eigenvalue weighted by Gasteiger charge is -2.37. The molecule has 1 fully saturated rings. The number of nitrogens with two attached hydrogens (primary N) is 1. The quantitative estimate of drug-likeness (QED) is 0.120. The van der Waals surface area contributed by atoms with Crippen molar-refractivity contribution >= 4 is 24.9 Å². The third kappa shape index (κ3) is 6.14. The van der Waals surface area contributed by atoms with Crippen molar-refractivity contribution in [2.24, 2.45) is 0 Å². The van der Waals surface area contributed by atoms with Crippen LogP contribution in [0.4, 0.5) is 5.95 Å². The molecule has 0 spiro atoms. The van der Waals surface area contributed by atoms with Gasteiger partial charge in [-0.05, 0) is 41.0 Å². The van der Waals surface area contributed by atoms with E-state index in [4.69, 9.17) is 29.2 Å². The van der Waals surface area contributed by atoms with Gasteiger partial charge in [0.25, 0.3) is 5.56 Å². The first-order valence-electron chi connectivity index (χ1n) is 14.2. The molecule has 5 N–H and O–H groups in total. The maximum atomic E-state index is 12.4. The number of benzene rings is 3. The topological polar surface area (TPSA) is 193 Å². The van der Waals surface area contributed by atoms with Crippen molar-refractivity contribution in [1.82, 2.24) is 19.5 Å². The summed E-state index contributed by atoms with van der Waals surface area (Å²) in [5.74, 6) is 1.18. The van der Waals surface area contributed by atoms with Gasteiger partial charge in [0.2, 0.25) is 5.95 Å². The van der Waals surface area contributed by atoms with E-state index in [1.54, 1.807) is 14.2 Å². The summed E-state index contributed by atoms with van der Waals surface area (Å²) in [4.78, 5) is 42.7. The molecule has 5 aromatic rings. The fourth-order valence-electron chi connectivity index (χ4n) is 5.74. The lowest BCUT2D eigenvalue weighted by Crippen LogP contribution is -2.38. The van der Waals surface area contributed by atoms with E-state index in [9.17, 15) is 19.1 Å². The van der Waals surface area contributed by atoms with Crippen LogP contribution in [0.5, 0.6) is 11.5 Å². The Bertz CT molecular complexity index is 1860. The molecular weight excluding hydrogens is 617 g/mol. The molecule has 0 unspecified atom stereocenters. The number of aromatic amines is 1. The van der Waals surface area contributed by atoms with Crippen LogP contribution in [0.2, 0.25) is 0 Å². The predicted molar refractivity (Wildman–Crippen MR) is 166 cm³/mol. The van der Waals surface area contributed by atoms with E-state index in [2.05, 4.69) is 15.0 Å². The Labute approximate surface area is 262 Å². The molecule has 1 aliphatic heterocycles. The van der Waals surface area contributed by atoms with Crippen LogP contribution < -0.4 is 20.8 Å². The van der Waals surface area contributed by atoms with Crippen molar-refractivity contribution in [2.45, 2.75) is 30.5 Å². The van der Waals surface area contributed by atoms with Crippen LogP contribution in [-0.4, -0.2) is 62.3 Å². The van der Waals surface area contributed by atoms with Crippen molar-refractivity contribution in [3.05, 3.63) is 112 Å². The number of nitrogens with zero attached hydrogens (tertiary/aromatic N) is 3. The van der Waals surface area contributed by atoms with Gasteiger partial charge in [-0.3, -0.25) is 18.9 Å². The van der Waals surface area contributed by atoms with Crippen LogP contribution in [0, 0.1) is 0 Å². The Kier molecular flexibility index (Phi) is 8.66. The summed E-state index contributed by atoms with van der Waals surface area (Å²) in [7, 11) is -1.79. The predicted octanol–water partition coefficient (Wildman–Crippen LogP) is 3.49. The zero-order valence-electron chi connectivity index (χ0n) is 24.8. The number of methoxy groups -OCH3 is 2. The largest absolute Gasteiger partial charge is 0.497 e. The number of nitrogen functional groups attached to an aromatic ring is 1. The smallest absolute Gasteiger partial charge is 0.469 e. The van der Waals surface area contributed by atoms with Gasteiger partial charge in [0.1, 0.15) is 35.5 Å². The molecule has 0 amide bonds. The Morgan fingerprint density at radius 2 is 1.57 bits per heavy atom. The third-order valence-electron chi connectivity index (χ3n) is 7.85. The summed E-state index contributed by atoms with van der Waals surface area (Å²) < 4.78 is 42.8. The monoisotopic (exact) mass is 649 g/mol. The van der Waals surface area contributed by atoms with E-state index < -0.39 is 37.4 Å². The highest BCUT2D eigenvalue weighted by molar-refractivity contribution is 7.46. The molecule has 2 aromatic heterocycles. The van der Waals surface area contributed by atoms with Crippen LogP contribution in [0.1, 0.15) is 29.3 Å². The average Bonchev–Trinajstić information content (AvgIpc) is 3.65. The number of phosphoric acid groups is 1. The van der Waals surface area contributed by atoms with Crippen LogP contribution in [0.3, 0.4) is 0 Å². The van der Waals surface area contributed by atoms with Gasteiger partial charge in [-0.15, -0.1) is 0 Å². The first-order chi connectivity index (χ1) is 22.1.